The van der Waals surface area contributed by atoms with E-state index in [2.05, 4.69) is 5.32 Å². The zero-order chi connectivity index (χ0) is 16.6. The number of benzene rings is 1. The monoisotopic (exact) mass is 337 g/mol. The molecular formula is C16H23N3O3S. The molecule has 0 radical (unpaired) electrons. The van der Waals surface area contributed by atoms with Gasteiger partial charge in [0.1, 0.15) is 0 Å². The van der Waals surface area contributed by atoms with Crippen LogP contribution in [0.15, 0.2) is 23.1 Å². The Kier molecular flexibility index (Phi) is 4.44. The highest BCUT2D eigenvalue weighted by Crippen LogP contribution is 2.29. The van der Waals surface area contributed by atoms with Gasteiger partial charge in [-0.3, -0.25) is 4.79 Å². The molecule has 1 fully saturated rings. The van der Waals surface area contributed by atoms with Gasteiger partial charge in [0.25, 0.3) is 5.91 Å². The summed E-state index contributed by atoms with van der Waals surface area (Å²) >= 11 is 0. The summed E-state index contributed by atoms with van der Waals surface area (Å²) in [4.78, 5) is 12.2. The van der Waals surface area contributed by atoms with Crippen LogP contribution in [0.1, 0.15) is 35.7 Å². The maximum absolute atomic E-state index is 13.0. The van der Waals surface area contributed by atoms with Gasteiger partial charge >= 0.3 is 0 Å². The van der Waals surface area contributed by atoms with Crippen molar-refractivity contribution in [3.8, 4) is 0 Å². The van der Waals surface area contributed by atoms with Crippen LogP contribution in [0, 0.1) is 5.92 Å². The van der Waals surface area contributed by atoms with E-state index in [1.807, 2.05) is 6.92 Å². The van der Waals surface area contributed by atoms with Crippen molar-refractivity contribution < 1.29 is 13.2 Å². The molecule has 3 N–H and O–H groups in total. The lowest BCUT2D eigenvalue weighted by Crippen LogP contribution is -2.51. The lowest BCUT2D eigenvalue weighted by Gasteiger charge is -2.38. The third-order valence-electron chi connectivity index (χ3n) is 4.92. The summed E-state index contributed by atoms with van der Waals surface area (Å²) in [5.41, 5.74) is 7.18. The Balaban J connectivity index is 1.99. The maximum atomic E-state index is 13.0. The summed E-state index contributed by atoms with van der Waals surface area (Å²) in [6.45, 7) is 3.43. The Morgan fingerprint density at radius 1 is 1.39 bits per heavy atom. The second-order valence-electron chi connectivity index (χ2n) is 6.36. The zero-order valence-electron chi connectivity index (χ0n) is 13.3. The van der Waals surface area contributed by atoms with Crippen molar-refractivity contribution in [1.82, 2.24) is 9.62 Å². The number of fused-ring (bicyclic) bond motifs is 1. The van der Waals surface area contributed by atoms with Crippen LogP contribution in [0.2, 0.25) is 0 Å². The predicted molar refractivity (Wildman–Crippen MR) is 87.6 cm³/mol. The van der Waals surface area contributed by atoms with E-state index in [1.54, 1.807) is 12.1 Å². The third kappa shape index (κ3) is 2.88. The molecule has 0 spiro atoms. The van der Waals surface area contributed by atoms with E-state index in [0.29, 0.717) is 25.2 Å². The van der Waals surface area contributed by atoms with Crippen LogP contribution in [-0.4, -0.2) is 44.3 Å². The number of carbonyl (C=O) groups excluding carboxylic acids is 1. The molecule has 0 unspecified atom stereocenters. The molecule has 7 heteroatoms. The van der Waals surface area contributed by atoms with Crippen LogP contribution in [-0.2, 0) is 16.4 Å². The van der Waals surface area contributed by atoms with Gasteiger partial charge in [-0.1, -0.05) is 13.0 Å². The normalized spacial score (nSPS) is 25.7. The summed E-state index contributed by atoms with van der Waals surface area (Å²) in [5.74, 6) is 0.0372. The van der Waals surface area contributed by atoms with E-state index >= 15 is 0 Å². The van der Waals surface area contributed by atoms with Crippen molar-refractivity contribution in [2.45, 2.75) is 37.1 Å². The Morgan fingerprint density at radius 2 is 2.17 bits per heavy atom. The molecule has 0 aromatic heterocycles. The van der Waals surface area contributed by atoms with Crippen LogP contribution in [0.4, 0.5) is 0 Å². The number of piperidine rings is 1. The topological polar surface area (TPSA) is 92.5 Å². The Hall–Kier alpha value is -1.44. The van der Waals surface area contributed by atoms with E-state index in [-0.39, 0.29) is 22.8 Å². The number of nitrogens with one attached hydrogen (secondary N) is 1. The Labute approximate surface area is 137 Å². The molecule has 2 atom stereocenters. The second kappa shape index (κ2) is 6.22. The zero-order valence-corrected chi connectivity index (χ0v) is 14.1. The van der Waals surface area contributed by atoms with E-state index < -0.39 is 10.0 Å². The number of sulfonamides is 1. The first kappa shape index (κ1) is 16.4. The van der Waals surface area contributed by atoms with Crippen molar-refractivity contribution in [1.29, 1.82) is 0 Å². The molecule has 2 aliphatic rings. The Bertz CT molecular complexity index is 717. The van der Waals surface area contributed by atoms with Gasteiger partial charge < -0.3 is 11.1 Å². The largest absolute Gasteiger partial charge is 0.352 e. The SMILES string of the molecule is C[C@@H]1CCCN(S(=O)(=O)c2ccc3c(c2)C(=O)NCC3)[C@@H]1CN. The van der Waals surface area contributed by atoms with E-state index in [0.717, 1.165) is 24.8 Å². The standard InChI is InChI=1S/C16H23N3O3S/c1-11-3-2-8-19(15(11)10-17)23(21,22)13-5-4-12-6-7-18-16(20)14(12)9-13/h4-5,9,11,15H,2-3,6-8,10,17H2,1H3,(H,18,20)/t11-,15-/m1/s1. The number of carbonyl (C=O) groups is 1. The minimum Gasteiger partial charge on any atom is -0.352 e. The third-order valence-corrected chi connectivity index (χ3v) is 6.84. The van der Waals surface area contributed by atoms with Crippen molar-refractivity contribution in [2.75, 3.05) is 19.6 Å². The predicted octanol–water partition coefficient (Wildman–Crippen LogP) is 0.720. The molecule has 1 amide bonds. The van der Waals surface area contributed by atoms with Gasteiger partial charge in [-0.05, 0) is 42.9 Å². The highest BCUT2D eigenvalue weighted by Gasteiger charge is 2.36. The van der Waals surface area contributed by atoms with Gasteiger partial charge in [0.2, 0.25) is 10.0 Å². The lowest BCUT2D eigenvalue weighted by molar-refractivity contribution is 0.0945. The van der Waals surface area contributed by atoms with Gasteiger partial charge in [0.15, 0.2) is 0 Å². The summed E-state index contributed by atoms with van der Waals surface area (Å²) in [6.07, 6.45) is 2.55. The van der Waals surface area contributed by atoms with E-state index in [4.69, 9.17) is 5.73 Å². The molecule has 6 nitrogen and oxygen atoms in total. The minimum atomic E-state index is -3.64. The van der Waals surface area contributed by atoms with E-state index in [9.17, 15) is 13.2 Å². The second-order valence-corrected chi connectivity index (χ2v) is 8.25. The van der Waals surface area contributed by atoms with Crippen molar-refractivity contribution in [3.05, 3.63) is 29.3 Å². The average Bonchev–Trinajstić information content (AvgIpc) is 2.54. The molecule has 0 bridgehead atoms. The number of hydrogen-bond donors (Lipinski definition) is 2. The molecular weight excluding hydrogens is 314 g/mol. The summed E-state index contributed by atoms with van der Waals surface area (Å²) < 4.78 is 27.6. The number of rotatable bonds is 3. The van der Waals surface area contributed by atoms with Gasteiger partial charge in [-0.15, -0.1) is 0 Å². The molecule has 2 aliphatic heterocycles. The molecule has 0 aliphatic carbocycles. The van der Waals surface area contributed by atoms with Gasteiger partial charge in [-0.25, -0.2) is 8.42 Å². The van der Waals surface area contributed by atoms with Gasteiger partial charge in [0, 0.05) is 31.2 Å². The number of amides is 1. The number of hydrogen-bond acceptors (Lipinski definition) is 4. The van der Waals surface area contributed by atoms with Crippen molar-refractivity contribution >= 4 is 15.9 Å². The Morgan fingerprint density at radius 3 is 2.91 bits per heavy atom. The fraction of sp³-hybridized carbons (Fsp3) is 0.562. The number of nitrogens with zero attached hydrogens (tertiary/aromatic N) is 1. The molecule has 0 saturated carbocycles. The summed E-state index contributed by atoms with van der Waals surface area (Å²) in [5, 5.41) is 2.76. The maximum Gasteiger partial charge on any atom is 0.251 e. The first-order valence-electron chi connectivity index (χ1n) is 8.08. The summed E-state index contributed by atoms with van der Waals surface area (Å²) in [7, 11) is -3.64. The smallest absolute Gasteiger partial charge is 0.251 e. The first-order valence-corrected chi connectivity index (χ1v) is 9.52. The molecule has 1 aromatic rings. The number of nitrogens with two attached hydrogens (primary N) is 1. The van der Waals surface area contributed by atoms with Crippen LogP contribution in [0.25, 0.3) is 0 Å². The fourth-order valence-corrected chi connectivity index (χ4v) is 5.34. The molecule has 1 saturated heterocycles. The van der Waals surface area contributed by atoms with Gasteiger partial charge in [0.05, 0.1) is 4.90 Å². The molecule has 23 heavy (non-hydrogen) atoms. The molecule has 126 valence electrons. The van der Waals surface area contributed by atoms with Crippen LogP contribution < -0.4 is 11.1 Å². The van der Waals surface area contributed by atoms with Crippen molar-refractivity contribution in [3.63, 3.8) is 0 Å². The lowest BCUT2D eigenvalue weighted by atomic mass is 9.93. The molecule has 1 aromatic carbocycles. The minimum absolute atomic E-state index is 0.181. The van der Waals surface area contributed by atoms with Gasteiger partial charge in [-0.2, -0.15) is 4.31 Å². The first-order chi connectivity index (χ1) is 10.9. The molecule has 3 rings (SSSR count). The summed E-state index contributed by atoms with van der Waals surface area (Å²) in [6, 6.07) is 4.69. The average molecular weight is 337 g/mol. The highest BCUT2D eigenvalue weighted by atomic mass is 32.2. The van der Waals surface area contributed by atoms with E-state index in [1.165, 1.54) is 10.4 Å². The quantitative estimate of drug-likeness (QED) is 0.850. The van der Waals surface area contributed by atoms with Crippen LogP contribution in [0.3, 0.4) is 0 Å². The highest BCUT2D eigenvalue weighted by molar-refractivity contribution is 7.89. The van der Waals surface area contributed by atoms with Crippen LogP contribution in [0.5, 0.6) is 0 Å². The van der Waals surface area contributed by atoms with Crippen LogP contribution >= 0.6 is 0 Å². The van der Waals surface area contributed by atoms with Crippen molar-refractivity contribution in [2.24, 2.45) is 11.7 Å². The fourth-order valence-electron chi connectivity index (χ4n) is 3.55. The molecule has 2 heterocycles.